The Morgan fingerprint density at radius 2 is 1.27 bits per heavy atom. The van der Waals surface area contributed by atoms with E-state index in [9.17, 15) is 5.11 Å². The molecular weight excluding hydrogens is 827 g/mol. The molecule has 66 heavy (non-hydrogen) atoms. The normalized spacial score (nSPS) is 16.7. The van der Waals surface area contributed by atoms with Gasteiger partial charge in [-0.1, -0.05) is 81.7 Å². The number of aliphatic hydroxyl groups excluding tert-OH is 1. The number of nitrogens with one attached hydrogen (secondary N) is 1. The number of aliphatic imine (C=N–C) groups is 1. The van der Waals surface area contributed by atoms with Crippen LogP contribution < -0.4 is 10.1 Å². The lowest BCUT2D eigenvalue weighted by Crippen LogP contribution is -2.43. The molecule has 0 spiro atoms. The number of rotatable bonds is 27. The Kier molecular flexibility index (Phi) is 23.2. The summed E-state index contributed by atoms with van der Waals surface area (Å²) in [5.74, 6) is 0.871. The molecule has 6 rings (SSSR count). The molecule has 4 heterocycles. The molecule has 358 valence electrons. The number of allylic oxidation sites excluding steroid dienone is 1. The predicted octanol–water partition coefficient (Wildman–Crippen LogP) is 9.61. The van der Waals surface area contributed by atoms with Crippen molar-refractivity contribution in [2.24, 2.45) is 4.99 Å². The summed E-state index contributed by atoms with van der Waals surface area (Å²) in [6.07, 6.45) is 25.3. The number of aromatic nitrogens is 3. The fourth-order valence-corrected chi connectivity index (χ4v) is 8.85. The number of aliphatic hydroxyl groups is 1. The van der Waals surface area contributed by atoms with E-state index in [-0.39, 0.29) is 24.9 Å². The van der Waals surface area contributed by atoms with Gasteiger partial charge < -0.3 is 29.4 Å². The van der Waals surface area contributed by atoms with Crippen molar-refractivity contribution < 1.29 is 24.1 Å². The average Bonchev–Trinajstić information content (AvgIpc) is 3.40. The van der Waals surface area contributed by atoms with Crippen LogP contribution in [0.2, 0.25) is 0 Å². The van der Waals surface area contributed by atoms with Crippen LogP contribution in [-0.2, 0) is 46.9 Å². The number of methoxy groups -OCH3 is 1. The number of hydrogen-bond acceptors (Lipinski definition) is 12. The highest BCUT2D eigenvalue weighted by molar-refractivity contribution is 5.60. The summed E-state index contributed by atoms with van der Waals surface area (Å²) < 4.78 is 25.0. The van der Waals surface area contributed by atoms with Crippen LogP contribution in [0.25, 0.3) is 0 Å². The molecule has 0 amide bonds. The third-order valence-electron chi connectivity index (χ3n) is 12.3. The maximum Gasteiger partial charge on any atom is 0.180 e. The largest absolute Gasteiger partial charge is 0.494 e. The van der Waals surface area contributed by atoms with Crippen LogP contribution in [0.4, 0.5) is 0 Å². The molecule has 0 saturated heterocycles. The molecule has 1 aromatic carbocycles. The van der Waals surface area contributed by atoms with Gasteiger partial charge in [0.25, 0.3) is 0 Å². The summed E-state index contributed by atoms with van der Waals surface area (Å²) in [5, 5.41) is 13.5. The van der Waals surface area contributed by atoms with E-state index in [1.165, 1.54) is 62.5 Å². The first kappa shape index (κ1) is 51.0. The molecule has 12 heteroatoms. The van der Waals surface area contributed by atoms with Crippen LogP contribution in [0.3, 0.4) is 0 Å². The smallest absolute Gasteiger partial charge is 0.180 e. The third-order valence-corrected chi connectivity index (χ3v) is 12.3. The number of pyridine rings is 3. The summed E-state index contributed by atoms with van der Waals surface area (Å²) in [5.41, 5.74) is 6.52. The van der Waals surface area contributed by atoms with Crippen molar-refractivity contribution in [3.8, 4) is 5.75 Å². The summed E-state index contributed by atoms with van der Waals surface area (Å²) in [6, 6.07) is 25.0. The second-order valence-corrected chi connectivity index (χ2v) is 18.0. The number of benzene rings is 1. The summed E-state index contributed by atoms with van der Waals surface area (Å²) in [4.78, 5) is 23.6. The molecule has 2 aliphatic rings. The highest BCUT2D eigenvalue weighted by Crippen LogP contribution is 2.25. The van der Waals surface area contributed by atoms with Crippen LogP contribution in [0.15, 0.2) is 108 Å². The Balaban J connectivity index is 1.12. The minimum absolute atomic E-state index is 0.157. The summed E-state index contributed by atoms with van der Waals surface area (Å²) >= 11 is 0. The van der Waals surface area contributed by atoms with Gasteiger partial charge in [-0.3, -0.25) is 29.7 Å². The van der Waals surface area contributed by atoms with Gasteiger partial charge in [0.1, 0.15) is 5.75 Å². The minimum atomic E-state index is -0.674. The number of ether oxygens (including phenoxy) is 4. The molecule has 0 radical (unpaired) electrons. The number of hydrogen-bond donors (Lipinski definition) is 2. The van der Waals surface area contributed by atoms with Gasteiger partial charge in [0, 0.05) is 77.7 Å². The van der Waals surface area contributed by atoms with Crippen LogP contribution >= 0.6 is 0 Å². The van der Waals surface area contributed by atoms with Crippen molar-refractivity contribution in [2.45, 2.75) is 154 Å². The zero-order valence-corrected chi connectivity index (χ0v) is 39.9. The molecule has 12 nitrogen and oxygen atoms in total. The molecule has 3 atom stereocenters. The SMILES string of the molecule is COC(CO)OC(C)C(CNCCCCOc1cc(CN(CC2=CCCC=N2)Cc2ccccn2)cc(CN(Cc2ccccn2)Cc2ccccn2)c1)OC1CCCCCCCCCC1. The Bertz CT molecular complexity index is 1900. The zero-order chi connectivity index (χ0) is 45.9. The first-order valence-corrected chi connectivity index (χ1v) is 24.8. The van der Waals surface area contributed by atoms with E-state index in [0.717, 1.165) is 80.1 Å². The maximum absolute atomic E-state index is 9.81. The Morgan fingerprint density at radius 3 is 1.79 bits per heavy atom. The highest BCUT2D eigenvalue weighted by Gasteiger charge is 2.26. The van der Waals surface area contributed by atoms with E-state index in [2.05, 4.69) is 78.6 Å². The zero-order valence-electron chi connectivity index (χ0n) is 39.9. The molecule has 1 saturated carbocycles. The topological polar surface area (TPSA) is 127 Å². The number of nitrogens with zero attached hydrogens (tertiary/aromatic N) is 6. The van der Waals surface area contributed by atoms with Crippen molar-refractivity contribution in [3.05, 3.63) is 131 Å². The molecule has 1 fully saturated rings. The molecular formula is C54H77N7O5. The second-order valence-electron chi connectivity index (χ2n) is 18.0. The maximum atomic E-state index is 9.81. The van der Waals surface area contributed by atoms with E-state index < -0.39 is 6.29 Å². The molecule has 0 bridgehead atoms. The first-order chi connectivity index (χ1) is 32.5. The van der Waals surface area contributed by atoms with Gasteiger partial charge >= 0.3 is 0 Å². The molecule has 3 unspecified atom stereocenters. The van der Waals surface area contributed by atoms with Crippen LogP contribution in [0, 0.1) is 0 Å². The van der Waals surface area contributed by atoms with E-state index in [1.54, 1.807) is 7.11 Å². The van der Waals surface area contributed by atoms with Gasteiger partial charge in [-0.25, -0.2) is 0 Å². The van der Waals surface area contributed by atoms with Crippen molar-refractivity contribution in [2.75, 3.05) is 40.0 Å². The Morgan fingerprint density at radius 1 is 0.697 bits per heavy atom. The fraction of sp³-hybridized carbons (Fsp3) is 0.556. The molecule has 3 aromatic heterocycles. The highest BCUT2D eigenvalue weighted by atomic mass is 16.7. The third kappa shape index (κ3) is 19.4. The lowest BCUT2D eigenvalue weighted by Gasteiger charge is -2.31. The lowest BCUT2D eigenvalue weighted by atomic mass is 10.0. The molecule has 1 aliphatic carbocycles. The fourth-order valence-electron chi connectivity index (χ4n) is 8.85. The van der Waals surface area contributed by atoms with Gasteiger partial charge in [0.2, 0.25) is 0 Å². The Hall–Kier alpha value is -4.40. The summed E-state index contributed by atoms with van der Waals surface area (Å²) in [6.45, 7) is 8.17. The number of unbranched alkanes of at least 4 members (excludes halogenated alkanes) is 1. The first-order valence-electron chi connectivity index (χ1n) is 24.8. The van der Waals surface area contributed by atoms with Crippen molar-refractivity contribution >= 4 is 6.21 Å². The van der Waals surface area contributed by atoms with E-state index in [4.69, 9.17) is 23.9 Å². The standard InChI is InChI=1S/C54H77N7O5/c1-44(65-54(43-62)63-2)53(66-51-25-9-7-5-3-4-6-8-10-26-51)36-55-27-19-20-32-64-52-34-45(37-60(39-47-21-11-15-28-56-47)40-48-22-12-16-29-57-48)33-46(35-52)38-61(41-49-23-13-17-30-58-49)42-50-24-14-18-31-59-50/h11-13,15-17,21-24,28-31,33-35,44,51,53-55,62H,3-10,14,18-20,25-27,32,36-43H2,1-2H3. The van der Waals surface area contributed by atoms with Gasteiger partial charge in [-0.2, -0.15) is 0 Å². The van der Waals surface area contributed by atoms with Gasteiger partial charge in [-0.15, -0.1) is 0 Å². The Labute approximate surface area is 395 Å². The predicted molar refractivity (Wildman–Crippen MR) is 263 cm³/mol. The van der Waals surface area contributed by atoms with Crippen LogP contribution in [-0.4, -0.2) is 101 Å². The lowest BCUT2D eigenvalue weighted by molar-refractivity contribution is -0.202. The van der Waals surface area contributed by atoms with E-state index in [0.29, 0.717) is 45.9 Å². The van der Waals surface area contributed by atoms with E-state index in [1.807, 2.05) is 62.1 Å². The van der Waals surface area contributed by atoms with Crippen LogP contribution in [0.5, 0.6) is 5.75 Å². The molecule has 1 aliphatic heterocycles. The van der Waals surface area contributed by atoms with E-state index >= 15 is 0 Å². The van der Waals surface area contributed by atoms with Crippen LogP contribution in [0.1, 0.15) is 125 Å². The summed E-state index contributed by atoms with van der Waals surface area (Å²) in [7, 11) is 1.57. The average molecular weight is 904 g/mol. The van der Waals surface area contributed by atoms with Gasteiger partial charge in [0.15, 0.2) is 6.29 Å². The second kappa shape index (κ2) is 30.1. The van der Waals surface area contributed by atoms with Gasteiger partial charge in [-0.05, 0) is 112 Å². The monoisotopic (exact) mass is 904 g/mol. The van der Waals surface area contributed by atoms with Gasteiger partial charge in [0.05, 0.1) is 54.3 Å². The van der Waals surface area contributed by atoms with Crippen molar-refractivity contribution in [3.63, 3.8) is 0 Å². The van der Waals surface area contributed by atoms with Crippen molar-refractivity contribution in [1.82, 2.24) is 30.1 Å². The molecule has 4 aromatic rings. The molecule has 2 N–H and O–H groups in total. The quantitative estimate of drug-likeness (QED) is 0.0439. The minimum Gasteiger partial charge on any atom is -0.494 e. The van der Waals surface area contributed by atoms with Crippen molar-refractivity contribution in [1.29, 1.82) is 0 Å².